The average molecular weight is 919 g/mol. The van der Waals surface area contributed by atoms with Crippen LogP contribution in [-0.2, 0) is 30.1 Å². The van der Waals surface area contributed by atoms with E-state index in [4.69, 9.17) is 0 Å². The minimum Gasteiger partial charge on any atom is -0.152 e. The molecule has 0 nitrogen and oxygen atoms in total. The molecule has 0 saturated heterocycles. The number of rotatable bonds is 16. The normalized spacial score (nSPS) is 12.9. The van der Waals surface area contributed by atoms with E-state index in [0.29, 0.717) is 0 Å². The summed E-state index contributed by atoms with van der Waals surface area (Å²) in [5, 5.41) is 0. The maximum absolute atomic E-state index is 2.45. The summed E-state index contributed by atoms with van der Waals surface area (Å²) in [5.74, 6) is 3.01. The fourth-order valence-electron chi connectivity index (χ4n) is 7.69. The molecule has 9 rings (SSSR count). The molecule has 0 amide bonds. The van der Waals surface area contributed by atoms with Crippen molar-refractivity contribution in [1.29, 1.82) is 0 Å². The molecule has 302 valence electrons. The van der Waals surface area contributed by atoms with Gasteiger partial charge in [-0.3, -0.25) is 0 Å². The largest absolute Gasteiger partial charge is 0.152 e. The van der Waals surface area contributed by atoms with Gasteiger partial charge in [-0.25, -0.2) is 0 Å². The van der Waals surface area contributed by atoms with E-state index in [2.05, 4.69) is 123 Å². The zero-order chi connectivity index (χ0) is 40.0. The Bertz CT molecular complexity index is 2420. The fourth-order valence-corrected chi connectivity index (χ4v) is 16.0. The number of hydrogen-bond acceptors (Lipinski definition) is 8. The molecule has 8 heteroatoms. The molecular formula is C51H50S8. The third kappa shape index (κ3) is 10.5. The van der Waals surface area contributed by atoms with E-state index < -0.39 is 0 Å². The SMILES string of the molecule is CCCCCCc1ccc(-c2ccc(-c3ccc(-c4cc5cc(c4)CSc4cc(cc(-c6ccc(-c7ccc(-c8ccc(CCCCCC)s8)s7)s6)c4)CSC5)s3)s2)s1. The van der Waals surface area contributed by atoms with Gasteiger partial charge in [0.25, 0.3) is 0 Å². The van der Waals surface area contributed by atoms with E-state index in [9.17, 15) is 0 Å². The van der Waals surface area contributed by atoms with Gasteiger partial charge < -0.3 is 0 Å². The van der Waals surface area contributed by atoms with Crippen molar-refractivity contribution in [3.8, 4) is 59.9 Å². The van der Waals surface area contributed by atoms with E-state index in [1.165, 1.54) is 155 Å². The highest BCUT2D eigenvalue weighted by atomic mass is 32.2. The lowest BCUT2D eigenvalue weighted by molar-refractivity contribution is 0.670. The Hall–Kier alpha value is -2.66. The van der Waals surface area contributed by atoms with Gasteiger partial charge in [-0.05, 0) is 157 Å². The smallest absolute Gasteiger partial charge is 0.0449 e. The van der Waals surface area contributed by atoms with Crippen LogP contribution in [0.25, 0.3) is 59.9 Å². The number of benzene rings is 2. The molecule has 1 aliphatic heterocycles. The second-order valence-corrected chi connectivity index (χ2v) is 24.2. The molecule has 6 aromatic heterocycles. The van der Waals surface area contributed by atoms with Gasteiger partial charge in [0.05, 0.1) is 0 Å². The van der Waals surface area contributed by atoms with E-state index in [1.807, 2.05) is 91.5 Å². The molecule has 0 saturated carbocycles. The van der Waals surface area contributed by atoms with E-state index >= 15 is 0 Å². The zero-order valence-corrected chi connectivity index (χ0v) is 40.4. The summed E-state index contributed by atoms with van der Waals surface area (Å²) in [4.78, 5) is 18.2. The van der Waals surface area contributed by atoms with E-state index in [-0.39, 0.29) is 0 Å². The first-order valence-corrected chi connectivity index (χ1v) is 28.2. The second kappa shape index (κ2) is 20.0. The van der Waals surface area contributed by atoms with Gasteiger partial charge in [0.2, 0.25) is 0 Å². The molecule has 0 spiro atoms. The van der Waals surface area contributed by atoms with Crippen LogP contribution in [-0.4, -0.2) is 0 Å². The highest BCUT2D eigenvalue weighted by molar-refractivity contribution is 7.98. The third-order valence-electron chi connectivity index (χ3n) is 10.8. The maximum atomic E-state index is 2.45. The lowest BCUT2D eigenvalue weighted by atomic mass is 10.1. The number of hydrogen-bond donors (Lipinski definition) is 0. The summed E-state index contributed by atoms with van der Waals surface area (Å²) in [7, 11) is 0. The Balaban J connectivity index is 0.868. The first-order valence-electron chi connectivity index (χ1n) is 21.1. The maximum Gasteiger partial charge on any atom is 0.0449 e. The second-order valence-electron chi connectivity index (χ2n) is 15.5. The monoisotopic (exact) mass is 918 g/mol. The quantitative estimate of drug-likeness (QED) is 0.0886. The topological polar surface area (TPSA) is 0 Å². The van der Waals surface area contributed by atoms with Crippen LogP contribution in [0.4, 0.5) is 0 Å². The van der Waals surface area contributed by atoms with Crippen molar-refractivity contribution < 1.29 is 0 Å². The Kier molecular flexibility index (Phi) is 14.1. The van der Waals surface area contributed by atoms with Crippen molar-refractivity contribution in [3.63, 3.8) is 0 Å². The molecule has 0 radical (unpaired) electrons. The van der Waals surface area contributed by atoms with Crippen LogP contribution in [0, 0.1) is 0 Å². The van der Waals surface area contributed by atoms with Crippen molar-refractivity contribution in [2.45, 2.75) is 100 Å². The number of unbranched alkanes of at least 4 members (excludes halogenated alkanes) is 6. The highest BCUT2D eigenvalue weighted by Gasteiger charge is 2.16. The molecule has 2 aromatic carbocycles. The molecular weight excluding hydrogens is 869 g/mol. The predicted molar refractivity (Wildman–Crippen MR) is 273 cm³/mol. The number of fused-ring (bicyclic) bond motifs is 4. The van der Waals surface area contributed by atoms with Crippen molar-refractivity contribution in [2.75, 3.05) is 0 Å². The van der Waals surface area contributed by atoms with Crippen LogP contribution >= 0.6 is 91.5 Å². The zero-order valence-electron chi connectivity index (χ0n) is 33.9. The van der Waals surface area contributed by atoms with Crippen LogP contribution in [0.2, 0.25) is 0 Å². The molecule has 1 aliphatic rings. The molecule has 8 aromatic rings. The van der Waals surface area contributed by atoms with Crippen LogP contribution in [0.5, 0.6) is 0 Å². The number of aryl methyl sites for hydroxylation is 2. The molecule has 0 N–H and O–H groups in total. The van der Waals surface area contributed by atoms with Crippen LogP contribution in [0.3, 0.4) is 0 Å². The highest BCUT2D eigenvalue weighted by Crippen LogP contribution is 2.45. The van der Waals surface area contributed by atoms with Crippen molar-refractivity contribution in [1.82, 2.24) is 0 Å². The summed E-state index contributed by atoms with van der Waals surface area (Å²) in [6.45, 7) is 4.57. The number of thioether (sulfide) groups is 2. The summed E-state index contributed by atoms with van der Waals surface area (Å²) >= 11 is 15.7. The first-order chi connectivity index (χ1) is 29.1. The van der Waals surface area contributed by atoms with Gasteiger partial charge in [0, 0.05) is 80.7 Å². The van der Waals surface area contributed by atoms with Gasteiger partial charge in [0.15, 0.2) is 0 Å². The standard InChI is InChI=1S/C51H50S8/c1-3-5-7-9-11-39-13-15-44(54-39)46-21-23-50(58-46)48-19-17-42(56-48)37-26-34-25-35(27-37)33-53-41-29-36(32-52-31-34)28-38(30-41)43-18-20-49(57-43)51-24-22-47(59-51)45-16-14-40(55-45)12-10-8-6-4-2/h13-30H,3-12,31-33H2,1-2H3. The minimum atomic E-state index is 0.971. The van der Waals surface area contributed by atoms with Gasteiger partial charge in [0.1, 0.15) is 0 Å². The molecule has 0 fully saturated rings. The fraction of sp³-hybridized carbons (Fsp3) is 0.294. The Labute approximate surface area is 383 Å². The van der Waals surface area contributed by atoms with E-state index in [1.54, 1.807) is 0 Å². The average Bonchev–Trinajstić information content (AvgIpc) is 4.10. The van der Waals surface area contributed by atoms with Crippen molar-refractivity contribution >= 4 is 91.5 Å². The van der Waals surface area contributed by atoms with Gasteiger partial charge >= 0.3 is 0 Å². The third-order valence-corrected chi connectivity index (χ3v) is 20.4. The lowest BCUT2D eigenvalue weighted by Gasteiger charge is -2.09. The molecule has 4 bridgehead atoms. The first kappa shape index (κ1) is 41.7. The van der Waals surface area contributed by atoms with Crippen molar-refractivity contribution in [2.24, 2.45) is 0 Å². The summed E-state index contributed by atoms with van der Waals surface area (Å²) in [5.41, 5.74) is 6.97. The summed E-state index contributed by atoms with van der Waals surface area (Å²) in [6, 6.07) is 42.7. The minimum absolute atomic E-state index is 0.971. The van der Waals surface area contributed by atoms with Gasteiger partial charge in [-0.15, -0.1) is 79.8 Å². The lowest BCUT2D eigenvalue weighted by Crippen LogP contribution is -1.88. The van der Waals surface area contributed by atoms with Crippen molar-refractivity contribution in [3.05, 3.63) is 136 Å². The Morgan fingerprint density at radius 2 is 0.746 bits per heavy atom. The van der Waals surface area contributed by atoms with Crippen LogP contribution in [0.1, 0.15) is 91.7 Å². The summed E-state index contributed by atoms with van der Waals surface area (Å²) < 4.78 is 0. The van der Waals surface area contributed by atoms with Gasteiger partial charge in [-0.1, -0.05) is 58.4 Å². The van der Waals surface area contributed by atoms with Crippen LogP contribution < -0.4 is 0 Å². The predicted octanol–water partition coefficient (Wildman–Crippen LogP) is 19.3. The molecule has 0 atom stereocenters. The van der Waals surface area contributed by atoms with E-state index in [0.717, 1.165) is 17.3 Å². The number of thiophene rings is 6. The van der Waals surface area contributed by atoms with Crippen LogP contribution in [0.15, 0.2) is 114 Å². The summed E-state index contributed by atoms with van der Waals surface area (Å²) in [6.07, 6.45) is 13.0. The Morgan fingerprint density at radius 3 is 1.24 bits per heavy atom. The van der Waals surface area contributed by atoms with Gasteiger partial charge in [-0.2, -0.15) is 11.8 Å². The molecule has 0 aliphatic carbocycles. The molecule has 59 heavy (non-hydrogen) atoms. The molecule has 0 unspecified atom stereocenters. The Morgan fingerprint density at radius 1 is 0.356 bits per heavy atom. The molecule has 7 heterocycles.